The number of halogens is 3. The van der Waals surface area contributed by atoms with Crippen molar-refractivity contribution in [3.63, 3.8) is 0 Å². The van der Waals surface area contributed by atoms with E-state index in [2.05, 4.69) is 31.9 Å². The van der Waals surface area contributed by atoms with Crippen molar-refractivity contribution in [2.75, 3.05) is 13.1 Å². The minimum absolute atomic E-state index is 0.0183. The first-order valence-electron chi connectivity index (χ1n) is 12.9. The highest BCUT2D eigenvalue weighted by atomic mass is 35.5. The second-order valence-corrected chi connectivity index (χ2v) is 11.7. The molecule has 0 saturated carbocycles. The largest absolute Gasteiger partial charge is 0.337 e. The number of carbonyl (C=O) groups is 1. The van der Waals surface area contributed by atoms with Crippen LogP contribution in [0.4, 0.5) is 8.78 Å². The third-order valence-corrected chi connectivity index (χ3v) is 7.74. The molecular weight excluding hydrogens is 506 g/mol. The van der Waals surface area contributed by atoms with Crippen molar-refractivity contribution in [3.8, 4) is 6.07 Å². The molecule has 1 amide bonds. The Labute approximate surface area is 228 Å². The van der Waals surface area contributed by atoms with Crippen LogP contribution in [-0.4, -0.2) is 33.7 Å². The van der Waals surface area contributed by atoms with E-state index < -0.39 is 11.6 Å². The molecule has 1 fully saturated rings. The average molecular weight is 539 g/mol. The first kappa shape index (κ1) is 27.8. The van der Waals surface area contributed by atoms with Crippen LogP contribution < -0.4 is 0 Å². The molecule has 0 spiro atoms. The number of nitriles is 1. The van der Waals surface area contributed by atoms with Gasteiger partial charge in [-0.15, -0.1) is 0 Å². The van der Waals surface area contributed by atoms with Crippen LogP contribution in [0.25, 0.3) is 0 Å². The van der Waals surface area contributed by atoms with E-state index in [0.29, 0.717) is 53.7 Å². The molecule has 5 nitrogen and oxygen atoms in total. The molecule has 2 aromatic carbocycles. The quantitative estimate of drug-likeness (QED) is 0.333. The van der Waals surface area contributed by atoms with E-state index in [-0.39, 0.29) is 17.2 Å². The molecule has 3 aromatic rings. The van der Waals surface area contributed by atoms with Crippen LogP contribution in [0.2, 0.25) is 5.02 Å². The molecule has 1 saturated heterocycles. The van der Waals surface area contributed by atoms with E-state index in [1.165, 1.54) is 6.07 Å². The van der Waals surface area contributed by atoms with E-state index in [9.17, 15) is 18.8 Å². The predicted octanol–water partition coefficient (Wildman–Crippen LogP) is 6.79. The van der Waals surface area contributed by atoms with Gasteiger partial charge >= 0.3 is 0 Å². The van der Waals surface area contributed by atoms with Crippen LogP contribution in [0, 0.1) is 28.9 Å². The maximum Gasteiger partial charge on any atom is 0.272 e. The van der Waals surface area contributed by atoms with E-state index in [4.69, 9.17) is 11.6 Å². The Bertz CT molecular complexity index is 1370. The summed E-state index contributed by atoms with van der Waals surface area (Å²) in [4.78, 5) is 15.2. The summed E-state index contributed by atoms with van der Waals surface area (Å²) in [6.07, 6.45) is 2.73. The fourth-order valence-corrected chi connectivity index (χ4v) is 5.34. The Balaban J connectivity index is 1.47. The topological polar surface area (TPSA) is 61.9 Å². The molecule has 38 heavy (non-hydrogen) atoms. The molecule has 0 bridgehead atoms. The van der Waals surface area contributed by atoms with Crippen LogP contribution in [0.3, 0.4) is 0 Å². The van der Waals surface area contributed by atoms with Crippen molar-refractivity contribution in [1.29, 1.82) is 5.26 Å². The van der Waals surface area contributed by atoms with E-state index >= 15 is 0 Å². The van der Waals surface area contributed by atoms with Crippen LogP contribution >= 0.6 is 11.6 Å². The number of likely N-dealkylation sites (tertiary alicyclic amines) is 1. The van der Waals surface area contributed by atoms with Crippen LogP contribution in [0.5, 0.6) is 0 Å². The lowest BCUT2D eigenvalue weighted by molar-refractivity contribution is 0.0775. The smallest absolute Gasteiger partial charge is 0.272 e. The van der Waals surface area contributed by atoms with E-state index in [0.717, 1.165) is 36.2 Å². The summed E-state index contributed by atoms with van der Waals surface area (Å²) in [5.41, 5.74) is 2.89. The second kappa shape index (κ2) is 11.2. The summed E-state index contributed by atoms with van der Waals surface area (Å²) >= 11 is 6.31. The third-order valence-electron chi connectivity index (χ3n) is 7.42. The molecule has 200 valence electrons. The fourth-order valence-electron chi connectivity index (χ4n) is 5.11. The predicted molar refractivity (Wildman–Crippen MR) is 144 cm³/mol. The number of carbonyl (C=O) groups excluding carboxylic acids is 1. The van der Waals surface area contributed by atoms with Gasteiger partial charge in [0.05, 0.1) is 16.3 Å². The van der Waals surface area contributed by atoms with Gasteiger partial charge < -0.3 is 4.90 Å². The van der Waals surface area contributed by atoms with Gasteiger partial charge in [0.2, 0.25) is 0 Å². The van der Waals surface area contributed by atoms with Gasteiger partial charge in [-0.3, -0.25) is 9.48 Å². The highest BCUT2D eigenvalue weighted by Crippen LogP contribution is 2.33. The molecule has 1 aromatic heterocycles. The minimum Gasteiger partial charge on any atom is -0.337 e. The van der Waals surface area contributed by atoms with Gasteiger partial charge in [0.1, 0.15) is 23.4 Å². The zero-order valence-electron chi connectivity index (χ0n) is 22.3. The molecule has 0 aliphatic carbocycles. The highest BCUT2D eigenvalue weighted by Gasteiger charge is 2.31. The minimum atomic E-state index is -0.479. The summed E-state index contributed by atoms with van der Waals surface area (Å²) in [7, 11) is 1.80. The molecular formula is C30H33ClF2N4O. The van der Waals surface area contributed by atoms with Crippen molar-refractivity contribution in [2.45, 2.75) is 57.8 Å². The standard InChI is InChI=1S/C30H33ClF2N4O/c1-30(2,3)28-16-27(36(4)35-28)29(38)37-12-11-19(18-37)5-6-20(13-23-14-24(32)9-10-26(23)33)21-7-8-22(17-34)25(31)15-21/h7-10,14-16,19-20H,5-6,11-13,18H2,1-4H3/t19-,20?/m0/s1. The molecule has 4 rings (SSSR count). The Kier molecular flexibility index (Phi) is 8.22. The lowest BCUT2D eigenvalue weighted by Gasteiger charge is -2.21. The van der Waals surface area contributed by atoms with Crippen LogP contribution in [0.1, 0.15) is 78.8 Å². The number of hydrogen-bond donors (Lipinski definition) is 0. The summed E-state index contributed by atoms with van der Waals surface area (Å²) < 4.78 is 30.0. The normalized spacial score (nSPS) is 16.5. The van der Waals surface area contributed by atoms with E-state index in [1.54, 1.807) is 23.9 Å². The number of aromatic nitrogens is 2. The summed E-state index contributed by atoms with van der Waals surface area (Å²) in [6.45, 7) is 7.53. The molecule has 1 aliphatic rings. The third kappa shape index (κ3) is 6.24. The van der Waals surface area contributed by atoms with Crippen molar-refractivity contribution in [3.05, 3.63) is 87.2 Å². The lowest BCUT2D eigenvalue weighted by atomic mass is 9.85. The molecule has 1 unspecified atom stereocenters. The molecule has 1 aliphatic heterocycles. The maximum atomic E-state index is 14.5. The molecule has 0 radical (unpaired) electrons. The first-order chi connectivity index (χ1) is 18.0. The summed E-state index contributed by atoms with van der Waals surface area (Å²) in [5, 5.41) is 14.1. The van der Waals surface area contributed by atoms with Crippen molar-refractivity contribution in [2.24, 2.45) is 13.0 Å². The van der Waals surface area contributed by atoms with Crippen molar-refractivity contribution >= 4 is 17.5 Å². The Hall–Kier alpha value is -3.24. The monoisotopic (exact) mass is 538 g/mol. The number of nitrogens with zero attached hydrogens (tertiary/aromatic N) is 4. The van der Waals surface area contributed by atoms with Gasteiger partial charge in [-0.1, -0.05) is 38.4 Å². The molecule has 2 heterocycles. The Morgan fingerprint density at radius 3 is 2.63 bits per heavy atom. The van der Waals surface area contributed by atoms with Gasteiger partial charge in [-0.05, 0) is 85.0 Å². The molecule has 2 atom stereocenters. The molecule has 0 N–H and O–H groups in total. The van der Waals surface area contributed by atoms with Crippen molar-refractivity contribution in [1.82, 2.24) is 14.7 Å². The average Bonchev–Trinajstić information content (AvgIpc) is 3.50. The number of benzene rings is 2. The van der Waals surface area contributed by atoms with Gasteiger partial charge in [0.15, 0.2) is 0 Å². The van der Waals surface area contributed by atoms with E-state index in [1.807, 2.05) is 17.0 Å². The van der Waals surface area contributed by atoms with Gasteiger partial charge in [0, 0.05) is 25.6 Å². The second-order valence-electron chi connectivity index (χ2n) is 11.3. The Morgan fingerprint density at radius 1 is 1.21 bits per heavy atom. The number of hydrogen-bond acceptors (Lipinski definition) is 3. The fraction of sp³-hybridized carbons (Fsp3) is 0.433. The lowest BCUT2D eigenvalue weighted by Crippen LogP contribution is -2.30. The summed E-state index contributed by atoms with van der Waals surface area (Å²) in [5.74, 6) is -0.765. The number of rotatable bonds is 7. The summed E-state index contributed by atoms with van der Waals surface area (Å²) in [6, 6.07) is 12.7. The van der Waals surface area contributed by atoms with Gasteiger partial charge in [-0.25, -0.2) is 8.78 Å². The first-order valence-corrected chi connectivity index (χ1v) is 13.3. The SMILES string of the molecule is Cn1nc(C(C)(C)C)cc1C(=O)N1CC[C@H](CCC(Cc2cc(F)ccc2F)c2ccc(C#N)c(Cl)c2)C1. The molecule has 8 heteroatoms. The number of amides is 1. The number of aryl methyl sites for hydroxylation is 1. The van der Waals surface area contributed by atoms with Gasteiger partial charge in [0.25, 0.3) is 5.91 Å². The van der Waals surface area contributed by atoms with Crippen LogP contribution in [-0.2, 0) is 18.9 Å². The zero-order valence-corrected chi connectivity index (χ0v) is 23.0. The maximum absolute atomic E-state index is 14.5. The highest BCUT2D eigenvalue weighted by molar-refractivity contribution is 6.31. The van der Waals surface area contributed by atoms with Crippen molar-refractivity contribution < 1.29 is 13.6 Å². The zero-order chi connectivity index (χ0) is 27.6. The van der Waals surface area contributed by atoms with Gasteiger partial charge in [-0.2, -0.15) is 10.4 Å². The van der Waals surface area contributed by atoms with Crippen LogP contribution in [0.15, 0.2) is 42.5 Å². The Morgan fingerprint density at radius 2 is 1.97 bits per heavy atom.